The monoisotopic (exact) mass is 296 g/mol. The molecule has 0 saturated heterocycles. The van der Waals surface area contributed by atoms with Gasteiger partial charge in [-0.25, -0.2) is 4.79 Å². The third-order valence-electron chi connectivity index (χ3n) is 3.75. The molecule has 1 unspecified atom stereocenters. The van der Waals surface area contributed by atoms with Crippen molar-refractivity contribution in [2.24, 2.45) is 0 Å². The van der Waals surface area contributed by atoms with Crippen molar-refractivity contribution in [3.8, 4) is 0 Å². The molecule has 110 valence electrons. The van der Waals surface area contributed by atoms with Gasteiger partial charge < -0.3 is 15.7 Å². The zero-order valence-corrected chi connectivity index (χ0v) is 12.3. The highest BCUT2D eigenvalue weighted by molar-refractivity contribution is 7.10. The minimum absolute atomic E-state index is 0.00615. The summed E-state index contributed by atoms with van der Waals surface area (Å²) in [6.07, 6.45) is 3.40. The molecule has 0 bridgehead atoms. The lowest BCUT2D eigenvalue weighted by molar-refractivity contribution is -0.138. The average Bonchev–Trinajstić information content (AvgIpc) is 2.98. The van der Waals surface area contributed by atoms with Crippen molar-refractivity contribution in [3.63, 3.8) is 0 Å². The number of thiophene rings is 1. The molecule has 1 aliphatic rings. The number of carbonyl (C=O) groups excluding carboxylic acids is 1. The molecule has 1 atom stereocenters. The molecule has 1 aliphatic carbocycles. The number of aliphatic carboxylic acids is 1. The SMILES string of the molecule is CC(NC(=O)NC1(CC(=O)O)CCCC1)c1cccs1. The number of urea groups is 1. The number of hydrogen-bond donors (Lipinski definition) is 3. The summed E-state index contributed by atoms with van der Waals surface area (Å²) in [5.41, 5.74) is -0.578. The van der Waals surface area contributed by atoms with E-state index < -0.39 is 11.5 Å². The molecule has 1 heterocycles. The van der Waals surface area contributed by atoms with E-state index in [1.54, 1.807) is 11.3 Å². The van der Waals surface area contributed by atoms with Gasteiger partial charge >= 0.3 is 12.0 Å². The van der Waals surface area contributed by atoms with Crippen LogP contribution in [0.4, 0.5) is 4.79 Å². The van der Waals surface area contributed by atoms with Crippen molar-refractivity contribution in [2.75, 3.05) is 0 Å². The van der Waals surface area contributed by atoms with E-state index in [0.717, 1.165) is 30.6 Å². The summed E-state index contributed by atoms with van der Waals surface area (Å²) < 4.78 is 0. The molecule has 0 aromatic carbocycles. The van der Waals surface area contributed by atoms with E-state index in [4.69, 9.17) is 5.11 Å². The minimum Gasteiger partial charge on any atom is -0.481 e. The van der Waals surface area contributed by atoms with Crippen LogP contribution in [-0.4, -0.2) is 22.6 Å². The van der Waals surface area contributed by atoms with Gasteiger partial charge in [0.25, 0.3) is 0 Å². The van der Waals surface area contributed by atoms with E-state index in [0.29, 0.717) is 0 Å². The van der Waals surface area contributed by atoms with Crippen LogP contribution in [0.5, 0.6) is 0 Å². The van der Waals surface area contributed by atoms with E-state index >= 15 is 0 Å². The highest BCUT2D eigenvalue weighted by atomic mass is 32.1. The normalized spacial score (nSPS) is 18.4. The summed E-state index contributed by atoms with van der Waals surface area (Å²) in [7, 11) is 0. The van der Waals surface area contributed by atoms with Gasteiger partial charge in [0.2, 0.25) is 0 Å². The van der Waals surface area contributed by atoms with Gasteiger partial charge in [0, 0.05) is 4.88 Å². The molecule has 5 nitrogen and oxygen atoms in total. The molecule has 0 spiro atoms. The lowest BCUT2D eigenvalue weighted by atomic mass is 9.93. The second-order valence-electron chi connectivity index (χ2n) is 5.39. The Morgan fingerprint density at radius 2 is 2.15 bits per heavy atom. The van der Waals surface area contributed by atoms with Gasteiger partial charge in [-0.15, -0.1) is 11.3 Å². The molecule has 1 saturated carbocycles. The van der Waals surface area contributed by atoms with Gasteiger partial charge in [-0.3, -0.25) is 4.79 Å². The Morgan fingerprint density at radius 3 is 2.70 bits per heavy atom. The average molecular weight is 296 g/mol. The van der Waals surface area contributed by atoms with Crippen LogP contribution in [0.25, 0.3) is 0 Å². The fraction of sp³-hybridized carbons (Fsp3) is 0.571. The van der Waals surface area contributed by atoms with Crippen LogP contribution >= 0.6 is 11.3 Å². The maximum atomic E-state index is 12.1. The van der Waals surface area contributed by atoms with Crippen molar-refractivity contribution in [1.29, 1.82) is 0 Å². The Morgan fingerprint density at radius 1 is 1.45 bits per heavy atom. The van der Waals surface area contributed by atoms with Crippen LogP contribution in [0.1, 0.15) is 49.9 Å². The predicted molar refractivity (Wildman–Crippen MR) is 77.9 cm³/mol. The second kappa shape index (κ2) is 6.26. The first-order valence-corrected chi connectivity index (χ1v) is 7.73. The predicted octanol–water partition coefficient (Wildman–Crippen LogP) is 2.90. The van der Waals surface area contributed by atoms with E-state index in [9.17, 15) is 9.59 Å². The third kappa shape index (κ3) is 3.72. The minimum atomic E-state index is -0.862. The number of carboxylic acid groups (broad SMARTS) is 1. The summed E-state index contributed by atoms with van der Waals surface area (Å²) >= 11 is 1.59. The van der Waals surface area contributed by atoms with Crippen LogP contribution in [0.3, 0.4) is 0 Å². The molecule has 0 radical (unpaired) electrons. The van der Waals surface area contributed by atoms with E-state index in [1.165, 1.54) is 0 Å². The smallest absolute Gasteiger partial charge is 0.315 e. The van der Waals surface area contributed by atoms with Crippen molar-refractivity contribution < 1.29 is 14.7 Å². The summed E-state index contributed by atoms with van der Waals surface area (Å²) in [5.74, 6) is -0.862. The zero-order valence-electron chi connectivity index (χ0n) is 11.5. The molecule has 2 rings (SSSR count). The standard InChI is InChI=1S/C14H20N2O3S/c1-10(11-5-4-8-20-11)15-13(19)16-14(9-12(17)18)6-2-3-7-14/h4-5,8,10H,2-3,6-7,9H2,1H3,(H,17,18)(H2,15,16,19). The molecule has 6 heteroatoms. The lowest BCUT2D eigenvalue weighted by Gasteiger charge is -2.29. The number of carbonyl (C=O) groups is 2. The van der Waals surface area contributed by atoms with Crippen LogP contribution in [0.15, 0.2) is 17.5 Å². The summed E-state index contributed by atoms with van der Waals surface area (Å²) in [5, 5.41) is 16.7. The molecule has 1 fully saturated rings. The Labute approximate surface area is 122 Å². The van der Waals surface area contributed by atoms with E-state index in [1.807, 2.05) is 24.4 Å². The molecule has 0 aliphatic heterocycles. The first-order chi connectivity index (χ1) is 9.51. The summed E-state index contributed by atoms with van der Waals surface area (Å²) in [4.78, 5) is 24.1. The largest absolute Gasteiger partial charge is 0.481 e. The number of carboxylic acids is 1. The highest BCUT2D eigenvalue weighted by Gasteiger charge is 2.37. The Bertz CT molecular complexity index is 467. The summed E-state index contributed by atoms with van der Waals surface area (Å²) in [6, 6.07) is 3.56. The van der Waals surface area contributed by atoms with Gasteiger partial charge in [-0.2, -0.15) is 0 Å². The Hall–Kier alpha value is -1.56. The lowest BCUT2D eigenvalue weighted by Crippen LogP contribution is -2.51. The van der Waals surface area contributed by atoms with Gasteiger partial charge in [0.1, 0.15) is 0 Å². The van der Waals surface area contributed by atoms with Gasteiger partial charge in [-0.1, -0.05) is 18.9 Å². The molecular weight excluding hydrogens is 276 g/mol. The number of hydrogen-bond acceptors (Lipinski definition) is 3. The van der Waals surface area contributed by atoms with Crippen LogP contribution < -0.4 is 10.6 Å². The number of amides is 2. The van der Waals surface area contributed by atoms with Crippen molar-refractivity contribution in [1.82, 2.24) is 10.6 Å². The Kier molecular flexibility index (Phi) is 4.65. The third-order valence-corrected chi connectivity index (χ3v) is 4.80. The van der Waals surface area contributed by atoms with Gasteiger partial charge in [-0.05, 0) is 31.2 Å². The maximum Gasteiger partial charge on any atom is 0.315 e. The molecular formula is C14H20N2O3S. The topological polar surface area (TPSA) is 78.4 Å². The van der Waals surface area contributed by atoms with Crippen LogP contribution in [-0.2, 0) is 4.79 Å². The fourth-order valence-corrected chi connectivity index (χ4v) is 3.50. The van der Waals surface area contributed by atoms with Gasteiger partial charge in [0.15, 0.2) is 0 Å². The van der Waals surface area contributed by atoms with Crippen molar-refractivity contribution in [3.05, 3.63) is 22.4 Å². The molecule has 20 heavy (non-hydrogen) atoms. The number of nitrogens with one attached hydrogen (secondary N) is 2. The number of rotatable bonds is 5. The van der Waals surface area contributed by atoms with Crippen LogP contribution in [0.2, 0.25) is 0 Å². The fourth-order valence-electron chi connectivity index (χ4n) is 2.77. The molecule has 3 N–H and O–H groups in total. The quantitative estimate of drug-likeness (QED) is 0.781. The molecule has 1 aromatic heterocycles. The van der Waals surface area contributed by atoms with E-state index in [2.05, 4.69) is 10.6 Å². The zero-order chi connectivity index (χ0) is 14.6. The first kappa shape index (κ1) is 14.8. The maximum absolute atomic E-state index is 12.1. The summed E-state index contributed by atoms with van der Waals surface area (Å²) in [6.45, 7) is 1.92. The van der Waals surface area contributed by atoms with Crippen molar-refractivity contribution in [2.45, 2.75) is 50.6 Å². The van der Waals surface area contributed by atoms with Crippen LogP contribution in [0, 0.1) is 0 Å². The van der Waals surface area contributed by atoms with E-state index in [-0.39, 0.29) is 18.5 Å². The Balaban J connectivity index is 1.93. The molecule has 2 amide bonds. The van der Waals surface area contributed by atoms with Crippen molar-refractivity contribution >= 4 is 23.3 Å². The second-order valence-corrected chi connectivity index (χ2v) is 6.37. The van der Waals surface area contributed by atoms with Gasteiger partial charge in [0.05, 0.1) is 18.0 Å². The highest BCUT2D eigenvalue weighted by Crippen LogP contribution is 2.32. The molecule has 1 aromatic rings. The first-order valence-electron chi connectivity index (χ1n) is 6.85.